The summed E-state index contributed by atoms with van der Waals surface area (Å²) in [6, 6.07) is 0. The number of carboxylic acid groups (broad SMARTS) is 1. The number of nitrogens with zero attached hydrogens (tertiary/aromatic N) is 1. The number of aromatic nitrogens is 1. The Morgan fingerprint density at radius 3 is 2.94 bits per heavy atom. The van der Waals surface area contributed by atoms with E-state index < -0.39 is 5.97 Å². The van der Waals surface area contributed by atoms with Gasteiger partial charge in [-0.1, -0.05) is 0 Å². The summed E-state index contributed by atoms with van der Waals surface area (Å²) in [6.45, 7) is 3.67. The Balaban J connectivity index is 1.80. The SMILES string of the molecule is O=C([O-])Cc1csc(CC[NH+]2CCCC2)n1. The van der Waals surface area contributed by atoms with Crippen molar-refractivity contribution in [3.63, 3.8) is 0 Å². The van der Waals surface area contributed by atoms with Gasteiger partial charge in [-0.3, -0.25) is 0 Å². The van der Waals surface area contributed by atoms with Gasteiger partial charge in [0.05, 0.1) is 30.3 Å². The van der Waals surface area contributed by atoms with Crippen LogP contribution in [0.4, 0.5) is 0 Å². The van der Waals surface area contributed by atoms with Crippen LogP contribution < -0.4 is 10.0 Å². The molecule has 0 spiro atoms. The monoisotopic (exact) mass is 240 g/mol. The van der Waals surface area contributed by atoms with Crippen LogP contribution in [0.2, 0.25) is 0 Å². The van der Waals surface area contributed by atoms with Crippen LogP contribution in [-0.4, -0.2) is 30.6 Å². The quantitative estimate of drug-likeness (QED) is 0.693. The average Bonchev–Trinajstić information content (AvgIpc) is 2.84. The lowest BCUT2D eigenvalue weighted by Crippen LogP contribution is -3.10. The van der Waals surface area contributed by atoms with Gasteiger partial charge >= 0.3 is 0 Å². The van der Waals surface area contributed by atoms with Crippen molar-refractivity contribution in [2.75, 3.05) is 19.6 Å². The molecule has 2 rings (SSSR count). The normalized spacial score (nSPS) is 16.8. The molecule has 0 aromatic carbocycles. The zero-order valence-electron chi connectivity index (χ0n) is 9.20. The second kappa shape index (κ2) is 5.41. The lowest BCUT2D eigenvalue weighted by Gasteiger charge is -2.09. The lowest BCUT2D eigenvalue weighted by atomic mass is 10.3. The number of carbonyl (C=O) groups is 1. The summed E-state index contributed by atoms with van der Waals surface area (Å²) >= 11 is 1.56. The fourth-order valence-corrected chi connectivity index (χ4v) is 2.90. The first kappa shape index (κ1) is 11.5. The minimum atomic E-state index is -1.05. The van der Waals surface area contributed by atoms with Gasteiger partial charge in [-0.05, 0) is 0 Å². The highest BCUT2D eigenvalue weighted by atomic mass is 32.1. The second-order valence-corrected chi connectivity index (χ2v) is 5.18. The van der Waals surface area contributed by atoms with E-state index in [9.17, 15) is 9.90 Å². The van der Waals surface area contributed by atoms with Gasteiger partial charge in [-0.25, -0.2) is 4.98 Å². The minimum absolute atomic E-state index is 0.0624. The predicted octanol–water partition coefficient (Wildman–Crippen LogP) is -1.34. The summed E-state index contributed by atoms with van der Waals surface area (Å²) in [5.74, 6) is -1.05. The van der Waals surface area contributed by atoms with Crippen LogP contribution in [0.15, 0.2) is 5.38 Å². The predicted molar refractivity (Wildman–Crippen MR) is 59.3 cm³/mol. The number of thiazole rings is 1. The Labute approximate surface area is 98.9 Å². The zero-order chi connectivity index (χ0) is 11.4. The molecule has 4 nitrogen and oxygen atoms in total. The molecule has 0 radical (unpaired) electrons. The number of likely N-dealkylation sites (tertiary alicyclic amines) is 1. The number of aliphatic carboxylic acids is 1. The topological polar surface area (TPSA) is 57.5 Å². The molecule has 5 heteroatoms. The summed E-state index contributed by atoms with van der Waals surface area (Å²) in [4.78, 5) is 16.3. The van der Waals surface area contributed by atoms with E-state index in [1.54, 1.807) is 16.2 Å². The molecule has 0 amide bonds. The molecule has 1 aliphatic rings. The molecule has 0 aliphatic carbocycles. The molecule has 1 saturated heterocycles. The van der Waals surface area contributed by atoms with Crippen LogP contribution in [0, 0.1) is 0 Å². The van der Waals surface area contributed by atoms with Gasteiger partial charge in [0.1, 0.15) is 0 Å². The Kier molecular flexibility index (Phi) is 3.90. The maximum Gasteiger partial charge on any atom is 0.0984 e. The van der Waals surface area contributed by atoms with Crippen molar-refractivity contribution in [3.05, 3.63) is 16.1 Å². The standard InChI is InChI=1S/C11H16N2O2S/c14-11(15)7-9-8-16-10(12-9)3-6-13-4-1-2-5-13/h8H,1-7H2,(H,14,15). The van der Waals surface area contributed by atoms with Crippen LogP contribution in [-0.2, 0) is 17.6 Å². The van der Waals surface area contributed by atoms with Crippen molar-refractivity contribution in [2.24, 2.45) is 0 Å². The first-order valence-electron chi connectivity index (χ1n) is 5.71. The number of hydrogen-bond donors (Lipinski definition) is 1. The molecular weight excluding hydrogens is 224 g/mol. The van der Waals surface area contributed by atoms with Gasteiger partial charge in [0.25, 0.3) is 0 Å². The zero-order valence-corrected chi connectivity index (χ0v) is 10.0. The van der Waals surface area contributed by atoms with Crippen LogP contribution in [0.1, 0.15) is 23.5 Å². The molecule has 0 bridgehead atoms. The molecule has 2 heterocycles. The number of hydrogen-bond acceptors (Lipinski definition) is 4. The van der Waals surface area contributed by atoms with Gasteiger partial charge in [-0.15, -0.1) is 11.3 Å². The number of nitrogens with one attached hydrogen (secondary N) is 1. The van der Waals surface area contributed by atoms with Gasteiger partial charge < -0.3 is 14.8 Å². The highest BCUT2D eigenvalue weighted by Crippen LogP contribution is 2.10. The Hall–Kier alpha value is -0.940. The number of carboxylic acids is 1. The molecule has 1 fully saturated rings. The summed E-state index contributed by atoms with van der Waals surface area (Å²) in [5, 5.41) is 13.3. The van der Waals surface area contributed by atoms with E-state index in [4.69, 9.17) is 0 Å². The summed E-state index contributed by atoms with van der Waals surface area (Å²) in [5.41, 5.74) is 0.636. The second-order valence-electron chi connectivity index (χ2n) is 4.24. The van der Waals surface area contributed by atoms with Crippen LogP contribution in [0.5, 0.6) is 0 Å². The van der Waals surface area contributed by atoms with Gasteiger partial charge in [0.2, 0.25) is 0 Å². The third-order valence-corrected chi connectivity index (χ3v) is 3.89. The van der Waals surface area contributed by atoms with Crippen LogP contribution in [0.25, 0.3) is 0 Å². The molecular formula is C11H16N2O2S. The molecule has 1 aliphatic heterocycles. The summed E-state index contributed by atoms with van der Waals surface area (Å²) < 4.78 is 0. The smallest absolute Gasteiger partial charge is 0.0984 e. The van der Waals surface area contributed by atoms with Crippen molar-refractivity contribution >= 4 is 17.3 Å². The van der Waals surface area contributed by atoms with Crippen molar-refractivity contribution in [1.82, 2.24) is 4.98 Å². The maximum absolute atomic E-state index is 10.4. The van der Waals surface area contributed by atoms with Crippen molar-refractivity contribution in [1.29, 1.82) is 0 Å². The van der Waals surface area contributed by atoms with E-state index in [1.807, 2.05) is 5.38 Å². The Bertz CT molecular complexity index is 359. The molecule has 0 saturated carbocycles. The molecule has 16 heavy (non-hydrogen) atoms. The van der Waals surface area contributed by atoms with Crippen molar-refractivity contribution < 1.29 is 14.8 Å². The largest absolute Gasteiger partial charge is 0.550 e. The molecule has 1 N–H and O–H groups in total. The molecule has 1 aromatic heterocycles. The average molecular weight is 240 g/mol. The van der Waals surface area contributed by atoms with E-state index in [-0.39, 0.29) is 6.42 Å². The Morgan fingerprint density at radius 2 is 2.25 bits per heavy atom. The third kappa shape index (κ3) is 3.28. The van der Waals surface area contributed by atoms with Gasteiger partial charge in [0.15, 0.2) is 0 Å². The first-order valence-corrected chi connectivity index (χ1v) is 6.58. The van der Waals surface area contributed by atoms with Crippen LogP contribution in [0.3, 0.4) is 0 Å². The summed E-state index contributed by atoms with van der Waals surface area (Å²) in [6.07, 6.45) is 3.58. The highest BCUT2D eigenvalue weighted by Gasteiger charge is 2.15. The first-order chi connectivity index (χ1) is 7.74. The van der Waals surface area contributed by atoms with E-state index in [0.29, 0.717) is 5.69 Å². The summed E-state index contributed by atoms with van der Waals surface area (Å²) in [7, 11) is 0. The number of quaternary nitrogens is 1. The molecule has 88 valence electrons. The fraction of sp³-hybridized carbons (Fsp3) is 0.636. The maximum atomic E-state index is 10.4. The number of carbonyl (C=O) groups excluding carboxylic acids is 1. The molecule has 0 atom stereocenters. The molecule has 0 unspecified atom stereocenters. The van der Waals surface area contributed by atoms with Gasteiger partial charge in [-0.2, -0.15) is 0 Å². The Morgan fingerprint density at radius 1 is 1.50 bits per heavy atom. The van der Waals surface area contributed by atoms with Crippen molar-refractivity contribution in [3.8, 4) is 0 Å². The molecule has 1 aromatic rings. The number of rotatable bonds is 5. The van der Waals surface area contributed by atoms with E-state index >= 15 is 0 Å². The van der Waals surface area contributed by atoms with E-state index in [2.05, 4.69) is 4.98 Å². The fourth-order valence-electron chi connectivity index (χ4n) is 2.10. The van der Waals surface area contributed by atoms with Crippen LogP contribution >= 0.6 is 11.3 Å². The van der Waals surface area contributed by atoms with Crippen molar-refractivity contribution in [2.45, 2.75) is 25.7 Å². The van der Waals surface area contributed by atoms with E-state index in [1.165, 1.54) is 25.9 Å². The van der Waals surface area contributed by atoms with Gasteiger partial charge in [0, 0.05) is 37.0 Å². The minimum Gasteiger partial charge on any atom is -0.550 e. The van der Waals surface area contributed by atoms with E-state index in [0.717, 1.165) is 18.0 Å². The highest BCUT2D eigenvalue weighted by molar-refractivity contribution is 7.09. The lowest BCUT2D eigenvalue weighted by molar-refractivity contribution is -0.887. The third-order valence-electron chi connectivity index (χ3n) is 2.93.